The van der Waals surface area contributed by atoms with Gasteiger partial charge in [-0.3, -0.25) is 9.78 Å². The lowest BCUT2D eigenvalue weighted by Crippen LogP contribution is -2.16. The molecule has 0 radical (unpaired) electrons. The lowest BCUT2D eigenvalue weighted by atomic mass is 10.2. The number of fused-ring (bicyclic) bond motifs is 1. The van der Waals surface area contributed by atoms with Crippen LogP contribution in [0.4, 0.5) is 0 Å². The molecule has 0 fully saturated rings. The second-order valence-electron chi connectivity index (χ2n) is 2.78. The zero-order chi connectivity index (χ0) is 10.1. The highest BCUT2D eigenvalue weighted by Crippen LogP contribution is 2.07. The van der Waals surface area contributed by atoms with Gasteiger partial charge in [-0.25, -0.2) is 4.79 Å². The molecule has 0 aliphatic rings. The van der Waals surface area contributed by atoms with Gasteiger partial charge in [0.2, 0.25) is 0 Å². The van der Waals surface area contributed by atoms with Gasteiger partial charge in [0.05, 0.1) is 5.52 Å². The summed E-state index contributed by atoms with van der Waals surface area (Å²) in [6.07, 6.45) is 3.02. The number of carbonyl (C=O) groups is 1. The fraction of sp³-hybridized carbons (Fsp3) is 0. The molecule has 0 atom stereocenters. The number of nitrogens with zero attached hydrogens (tertiary/aromatic N) is 1. The molecular weight excluding hydrogens is 184 g/mol. The summed E-state index contributed by atoms with van der Waals surface area (Å²) in [4.78, 5) is 28.1. The molecule has 0 unspecified atom stereocenters. The van der Waals surface area contributed by atoms with Gasteiger partial charge in [-0.2, -0.15) is 0 Å². The van der Waals surface area contributed by atoms with Crippen LogP contribution in [0, 0.1) is 0 Å². The van der Waals surface area contributed by atoms with Crippen molar-refractivity contribution in [2.24, 2.45) is 0 Å². The van der Waals surface area contributed by atoms with E-state index in [0.29, 0.717) is 10.9 Å². The van der Waals surface area contributed by atoms with Gasteiger partial charge in [0.15, 0.2) is 0 Å². The van der Waals surface area contributed by atoms with Crippen LogP contribution in [0.3, 0.4) is 0 Å². The molecule has 14 heavy (non-hydrogen) atoms. The number of aromatic amines is 1. The summed E-state index contributed by atoms with van der Waals surface area (Å²) in [5.74, 6) is -1.24. The number of nitrogens with one attached hydrogen (secondary N) is 1. The van der Waals surface area contributed by atoms with E-state index in [9.17, 15) is 9.59 Å². The predicted molar refractivity (Wildman–Crippen MR) is 49.3 cm³/mol. The Hall–Kier alpha value is -2.17. The van der Waals surface area contributed by atoms with Crippen molar-refractivity contribution in [2.45, 2.75) is 0 Å². The maximum Gasteiger partial charge on any atom is 0.341 e. The Bertz CT molecular complexity index is 559. The van der Waals surface area contributed by atoms with Crippen molar-refractivity contribution in [1.29, 1.82) is 0 Å². The molecule has 2 aromatic rings. The van der Waals surface area contributed by atoms with Crippen LogP contribution >= 0.6 is 0 Å². The van der Waals surface area contributed by atoms with Gasteiger partial charge in [0.1, 0.15) is 5.56 Å². The second-order valence-corrected chi connectivity index (χ2v) is 2.78. The van der Waals surface area contributed by atoms with Crippen molar-refractivity contribution in [2.75, 3.05) is 0 Å². The molecular formula is C9H6N2O3. The molecule has 0 bridgehead atoms. The topological polar surface area (TPSA) is 83.0 Å². The summed E-state index contributed by atoms with van der Waals surface area (Å²) in [5.41, 5.74) is -0.295. The van der Waals surface area contributed by atoms with Gasteiger partial charge in [-0.05, 0) is 12.1 Å². The lowest BCUT2D eigenvalue weighted by Gasteiger charge is -1.97. The van der Waals surface area contributed by atoms with E-state index in [2.05, 4.69) is 9.97 Å². The van der Waals surface area contributed by atoms with E-state index in [-0.39, 0.29) is 5.56 Å². The molecule has 5 heteroatoms. The van der Waals surface area contributed by atoms with Crippen LogP contribution in [0.2, 0.25) is 0 Å². The molecule has 70 valence electrons. The highest BCUT2D eigenvalue weighted by atomic mass is 16.4. The molecule has 2 aromatic heterocycles. The number of carboxylic acids is 1. The Morgan fingerprint density at radius 2 is 2.29 bits per heavy atom. The first kappa shape index (κ1) is 8.43. The molecule has 0 spiro atoms. The van der Waals surface area contributed by atoms with E-state index in [1.54, 1.807) is 6.07 Å². The van der Waals surface area contributed by atoms with Crippen molar-refractivity contribution in [3.63, 3.8) is 0 Å². The van der Waals surface area contributed by atoms with Crippen molar-refractivity contribution >= 4 is 16.9 Å². The van der Waals surface area contributed by atoms with Crippen LogP contribution in [-0.4, -0.2) is 21.0 Å². The summed E-state index contributed by atoms with van der Waals surface area (Å²) >= 11 is 0. The van der Waals surface area contributed by atoms with E-state index in [1.807, 2.05) is 0 Å². The molecule has 2 N–H and O–H groups in total. The molecule has 2 heterocycles. The van der Waals surface area contributed by atoms with E-state index in [4.69, 9.17) is 5.11 Å². The third kappa shape index (κ3) is 1.24. The first-order valence-electron chi connectivity index (χ1n) is 3.89. The Kier molecular flexibility index (Phi) is 1.78. The van der Waals surface area contributed by atoms with Gasteiger partial charge in [0.25, 0.3) is 5.56 Å². The normalized spacial score (nSPS) is 10.3. The maximum atomic E-state index is 11.2. The Balaban J connectivity index is 2.84. The Morgan fingerprint density at radius 3 is 3.00 bits per heavy atom. The lowest BCUT2D eigenvalue weighted by molar-refractivity contribution is 0.0695. The largest absolute Gasteiger partial charge is 0.477 e. The number of aromatic nitrogens is 2. The molecule has 5 nitrogen and oxygen atoms in total. The molecule has 0 aromatic carbocycles. The minimum atomic E-state index is -1.24. The monoisotopic (exact) mass is 190 g/mol. The smallest absolute Gasteiger partial charge is 0.341 e. The Morgan fingerprint density at radius 1 is 1.50 bits per heavy atom. The summed E-state index contributed by atoms with van der Waals surface area (Å²) in [7, 11) is 0. The average Bonchev–Trinajstić information content (AvgIpc) is 2.16. The number of H-pyrrole nitrogens is 1. The van der Waals surface area contributed by atoms with Crippen molar-refractivity contribution in [1.82, 2.24) is 9.97 Å². The number of rotatable bonds is 1. The van der Waals surface area contributed by atoms with Crippen LogP contribution in [0.1, 0.15) is 10.4 Å². The minimum Gasteiger partial charge on any atom is -0.477 e. The number of aromatic carboxylic acids is 1. The third-order valence-electron chi connectivity index (χ3n) is 1.87. The van der Waals surface area contributed by atoms with Crippen molar-refractivity contribution in [3.05, 3.63) is 40.4 Å². The summed E-state index contributed by atoms with van der Waals surface area (Å²) in [6.45, 7) is 0. The van der Waals surface area contributed by atoms with Crippen LogP contribution in [0.25, 0.3) is 10.9 Å². The van der Waals surface area contributed by atoms with Gasteiger partial charge < -0.3 is 10.1 Å². The molecule has 0 aliphatic heterocycles. The van der Waals surface area contributed by atoms with Gasteiger partial charge in [-0.1, -0.05) is 0 Å². The van der Waals surface area contributed by atoms with Crippen molar-refractivity contribution in [3.8, 4) is 0 Å². The highest BCUT2D eigenvalue weighted by molar-refractivity contribution is 5.91. The number of pyridine rings is 2. The number of hydrogen-bond acceptors (Lipinski definition) is 3. The first-order valence-corrected chi connectivity index (χ1v) is 3.89. The van der Waals surface area contributed by atoms with E-state index >= 15 is 0 Å². The first-order chi connectivity index (χ1) is 6.68. The van der Waals surface area contributed by atoms with E-state index in [1.165, 1.54) is 18.5 Å². The highest BCUT2D eigenvalue weighted by Gasteiger charge is 2.09. The molecule has 0 saturated carbocycles. The molecule has 0 amide bonds. The van der Waals surface area contributed by atoms with E-state index < -0.39 is 11.5 Å². The van der Waals surface area contributed by atoms with Crippen LogP contribution < -0.4 is 5.56 Å². The van der Waals surface area contributed by atoms with Gasteiger partial charge in [0, 0.05) is 17.8 Å². The SMILES string of the molecule is O=C(O)c1cc2cnccc2[nH]c1=O. The molecule has 2 rings (SSSR count). The standard InChI is InChI=1S/C9H6N2O3/c12-8-6(9(13)14)3-5-4-10-2-1-7(5)11-8/h1-4H,(H,11,12)(H,13,14). The summed E-state index contributed by atoms with van der Waals surface area (Å²) in [5, 5.41) is 9.29. The zero-order valence-electron chi connectivity index (χ0n) is 7.02. The van der Waals surface area contributed by atoms with Gasteiger partial charge >= 0.3 is 5.97 Å². The fourth-order valence-electron chi connectivity index (χ4n) is 1.21. The fourth-order valence-corrected chi connectivity index (χ4v) is 1.21. The van der Waals surface area contributed by atoms with E-state index in [0.717, 1.165) is 0 Å². The van der Waals surface area contributed by atoms with Gasteiger partial charge in [-0.15, -0.1) is 0 Å². The van der Waals surface area contributed by atoms with Crippen molar-refractivity contribution < 1.29 is 9.90 Å². The number of hydrogen-bond donors (Lipinski definition) is 2. The second kappa shape index (κ2) is 2.95. The zero-order valence-corrected chi connectivity index (χ0v) is 7.02. The average molecular weight is 190 g/mol. The molecule has 0 aliphatic carbocycles. The summed E-state index contributed by atoms with van der Waals surface area (Å²) < 4.78 is 0. The Labute approximate surface area is 78.0 Å². The van der Waals surface area contributed by atoms with Crippen LogP contribution in [-0.2, 0) is 0 Å². The molecule has 0 saturated heterocycles. The minimum absolute atomic E-state index is 0.273. The third-order valence-corrected chi connectivity index (χ3v) is 1.87. The quantitative estimate of drug-likeness (QED) is 0.690. The van der Waals surface area contributed by atoms with Crippen LogP contribution in [0.5, 0.6) is 0 Å². The maximum absolute atomic E-state index is 11.2. The summed E-state index contributed by atoms with van der Waals surface area (Å²) in [6, 6.07) is 2.92. The number of carboxylic acid groups (broad SMARTS) is 1. The predicted octanol–water partition coefficient (Wildman–Crippen LogP) is 0.621. The van der Waals surface area contributed by atoms with Crippen LogP contribution in [0.15, 0.2) is 29.3 Å².